The molecule has 1 aromatic carbocycles. The van der Waals surface area contributed by atoms with Crippen molar-refractivity contribution in [2.45, 2.75) is 32.4 Å². The van der Waals surface area contributed by atoms with E-state index in [0.717, 1.165) is 0 Å². The molecule has 1 aliphatic heterocycles. The zero-order valence-corrected chi connectivity index (χ0v) is 16.7. The van der Waals surface area contributed by atoms with Crippen LogP contribution in [0.3, 0.4) is 0 Å². The number of carbonyl (C=O) groups is 1. The largest absolute Gasteiger partial charge is 0.394 e. The summed E-state index contributed by atoms with van der Waals surface area (Å²) in [5.74, 6) is -1.48. The molecule has 0 bridgehead atoms. The zero-order valence-electron chi connectivity index (χ0n) is 16.0. The van der Waals surface area contributed by atoms with E-state index in [9.17, 15) is 19.4 Å². The number of halogens is 2. The predicted octanol–water partition coefficient (Wildman–Crippen LogP) is 2.01. The SMILES string of the molecule is Cc1cc(Cl)cc(F)c1C1(O)[C@H](C)CN(C(=O)[C@@H](CO)N(C)C)C[C@@H]1C. The molecule has 1 saturated heterocycles. The summed E-state index contributed by atoms with van der Waals surface area (Å²) in [6, 6.07) is 2.23. The number of likely N-dealkylation sites (tertiary alicyclic amines) is 1. The van der Waals surface area contributed by atoms with Crippen LogP contribution < -0.4 is 0 Å². The molecule has 146 valence electrons. The molecule has 1 amide bonds. The van der Waals surface area contributed by atoms with Gasteiger partial charge < -0.3 is 15.1 Å². The summed E-state index contributed by atoms with van der Waals surface area (Å²) >= 11 is 5.92. The molecular formula is C19H28ClFN2O3. The highest BCUT2D eigenvalue weighted by Gasteiger charge is 2.49. The first-order valence-corrected chi connectivity index (χ1v) is 9.16. The molecule has 1 heterocycles. The Morgan fingerprint density at radius 3 is 2.35 bits per heavy atom. The van der Waals surface area contributed by atoms with Crippen LogP contribution in [0.2, 0.25) is 5.02 Å². The summed E-state index contributed by atoms with van der Waals surface area (Å²) in [5, 5.41) is 21.3. The molecule has 1 aliphatic rings. The van der Waals surface area contributed by atoms with Crippen molar-refractivity contribution in [1.82, 2.24) is 9.80 Å². The number of aliphatic hydroxyl groups is 2. The minimum absolute atomic E-state index is 0.188. The Morgan fingerprint density at radius 1 is 1.38 bits per heavy atom. The lowest BCUT2D eigenvalue weighted by Gasteiger charge is -2.49. The zero-order chi connectivity index (χ0) is 19.8. The third-order valence-electron chi connectivity index (χ3n) is 5.54. The van der Waals surface area contributed by atoms with Crippen LogP contribution in [0.4, 0.5) is 4.39 Å². The quantitative estimate of drug-likeness (QED) is 0.831. The van der Waals surface area contributed by atoms with E-state index in [1.807, 2.05) is 13.8 Å². The van der Waals surface area contributed by atoms with Crippen molar-refractivity contribution < 1.29 is 19.4 Å². The first-order valence-electron chi connectivity index (χ1n) is 8.78. The number of amides is 1. The lowest BCUT2D eigenvalue weighted by atomic mass is 9.69. The van der Waals surface area contributed by atoms with Gasteiger partial charge >= 0.3 is 0 Å². The molecule has 26 heavy (non-hydrogen) atoms. The molecular weight excluding hydrogens is 359 g/mol. The average molecular weight is 387 g/mol. The molecule has 4 atom stereocenters. The van der Waals surface area contributed by atoms with Gasteiger partial charge in [-0.3, -0.25) is 9.69 Å². The number of likely N-dealkylation sites (N-methyl/N-ethyl adjacent to an activating group) is 1. The topological polar surface area (TPSA) is 64.0 Å². The van der Waals surface area contributed by atoms with Crippen LogP contribution in [0, 0.1) is 24.6 Å². The molecule has 0 spiro atoms. The maximum absolute atomic E-state index is 14.7. The number of rotatable bonds is 4. The monoisotopic (exact) mass is 386 g/mol. The molecule has 0 aliphatic carbocycles. The van der Waals surface area contributed by atoms with Crippen LogP contribution in [0.1, 0.15) is 25.0 Å². The Hall–Kier alpha value is -1.21. The van der Waals surface area contributed by atoms with Gasteiger partial charge in [-0.15, -0.1) is 0 Å². The van der Waals surface area contributed by atoms with E-state index in [4.69, 9.17) is 11.6 Å². The van der Waals surface area contributed by atoms with Gasteiger partial charge in [0.15, 0.2) is 0 Å². The molecule has 0 saturated carbocycles. The summed E-state index contributed by atoms with van der Waals surface area (Å²) in [6.07, 6.45) is 0. The van der Waals surface area contributed by atoms with Gasteiger partial charge in [0.2, 0.25) is 5.91 Å². The Labute approximate surface area is 159 Å². The van der Waals surface area contributed by atoms with Gasteiger partial charge in [-0.25, -0.2) is 4.39 Å². The molecule has 2 rings (SSSR count). The van der Waals surface area contributed by atoms with Crippen LogP contribution in [0.15, 0.2) is 12.1 Å². The van der Waals surface area contributed by atoms with Crippen molar-refractivity contribution in [1.29, 1.82) is 0 Å². The van der Waals surface area contributed by atoms with Gasteiger partial charge in [-0.2, -0.15) is 0 Å². The Bertz CT molecular complexity index is 648. The molecule has 0 aromatic heterocycles. The standard InChI is InChI=1S/C19H28ClFN2O3/c1-11-6-14(20)7-15(21)17(11)19(26)12(2)8-23(9-13(19)3)18(25)16(10-24)22(4)5/h6-7,12-13,16,24,26H,8-10H2,1-5H3/t12-,13+,16-,19?/m1/s1. The van der Waals surface area contributed by atoms with Crippen molar-refractivity contribution in [2.24, 2.45) is 11.8 Å². The second kappa shape index (κ2) is 7.80. The Kier molecular flexibility index (Phi) is 6.33. The molecule has 1 unspecified atom stereocenters. The van der Waals surface area contributed by atoms with Crippen molar-refractivity contribution in [3.63, 3.8) is 0 Å². The fourth-order valence-electron chi connectivity index (χ4n) is 4.05. The molecule has 1 aromatic rings. The Balaban J connectivity index is 2.35. The number of benzene rings is 1. The Morgan fingerprint density at radius 2 is 1.92 bits per heavy atom. The summed E-state index contributed by atoms with van der Waals surface area (Å²) in [5.41, 5.74) is -0.555. The van der Waals surface area contributed by atoms with E-state index in [-0.39, 0.29) is 48.0 Å². The normalized spacial score (nSPS) is 27.7. The summed E-state index contributed by atoms with van der Waals surface area (Å²) in [4.78, 5) is 16.1. The van der Waals surface area contributed by atoms with E-state index in [1.54, 1.807) is 36.9 Å². The number of hydrogen-bond donors (Lipinski definition) is 2. The number of piperidine rings is 1. The molecule has 7 heteroatoms. The number of carbonyl (C=O) groups excluding carboxylic acids is 1. The number of hydrogen-bond acceptors (Lipinski definition) is 4. The van der Waals surface area contributed by atoms with Gasteiger partial charge in [-0.1, -0.05) is 25.4 Å². The van der Waals surface area contributed by atoms with Gasteiger partial charge in [0.1, 0.15) is 17.5 Å². The number of nitrogens with zero attached hydrogens (tertiary/aromatic N) is 2. The van der Waals surface area contributed by atoms with Crippen molar-refractivity contribution in [3.05, 3.63) is 34.1 Å². The van der Waals surface area contributed by atoms with Crippen molar-refractivity contribution >= 4 is 17.5 Å². The van der Waals surface area contributed by atoms with Gasteiger partial charge in [-0.05, 0) is 38.7 Å². The van der Waals surface area contributed by atoms with Gasteiger partial charge in [0.25, 0.3) is 0 Å². The predicted molar refractivity (Wildman–Crippen MR) is 99.5 cm³/mol. The molecule has 0 radical (unpaired) electrons. The first kappa shape index (κ1) is 21.1. The van der Waals surface area contributed by atoms with Crippen LogP contribution >= 0.6 is 11.6 Å². The fourth-order valence-corrected chi connectivity index (χ4v) is 4.31. The lowest BCUT2D eigenvalue weighted by molar-refractivity contribution is -0.154. The third kappa shape index (κ3) is 3.60. The summed E-state index contributed by atoms with van der Waals surface area (Å²) in [6.45, 7) is 5.64. The average Bonchev–Trinajstić information content (AvgIpc) is 2.51. The second-order valence-corrected chi connectivity index (χ2v) is 8.05. The molecule has 1 fully saturated rings. The van der Waals surface area contributed by atoms with E-state index in [0.29, 0.717) is 5.56 Å². The van der Waals surface area contributed by atoms with E-state index >= 15 is 0 Å². The van der Waals surface area contributed by atoms with Crippen LogP contribution in [-0.2, 0) is 10.4 Å². The molecule has 2 N–H and O–H groups in total. The van der Waals surface area contributed by atoms with E-state index in [1.165, 1.54) is 6.07 Å². The van der Waals surface area contributed by atoms with Crippen LogP contribution in [-0.4, -0.2) is 65.8 Å². The summed E-state index contributed by atoms with van der Waals surface area (Å²) < 4.78 is 14.7. The fraction of sp³-hybridized carbons (Fsp3) is 0.632. The van der Waals surface area contributed by atoms with Crippen LogP contribution in [0.25, 0.3) is 0 Å². The van der Waals surface area contributed by atoms with E-state index < -0.39 is 17.5 Å². The lowest BCUT2D eigenvalue weighted by Crippen LogP contribution is -2.59. The molecule has 5 nitrogen and oxygen atoms in total. The smallest absolute Gasteiger partial charge is 0.242 e. The maximum Gasteiger partial charge on any atom is 0.242 e. The highest BCUT2D eigenvalue weighted by molar-refractivity contribution is 6.30. The maximum atomic E-state index is 14.7. The van der Waals surface area contributed by atoms with E-state index in [2.05, 4.69) is 0 Å². The number of aryl methyl sites for hydroxylation is 1. The van der Waals surface area contributed by atoms with Crippen molar-refractivity contribution in [3.8, 4) is 0 Å². The first-order chi connectivity index (χ1) is 12.0. The van der Waals surface area contributed by atoms with Gasteiger partial charge in [0.05, 0.1) is 6.61 Å². The summed E-state index contributed by atoms with van der Waals surface area (Å²) in [7, 11) is 3.47. The van der Waals surface area contributed by atoms with Crippen LogP contribution in [0.5, 0.6) is 0 Å². The highest BCUT2D eigenvalue weighted by Crippen LogP contribution is 2.44. The minimum Gasteiger partial charge on any atom is -0.394 e. The second-order valence-electron chi connectivity index (χ2n) is 7.61. The highest BCUT2D eigenvalue weighted by atomic mass is 35.5. The number of aliphatic hydroxyl groups excluding tert-OH is 1. The van der Waals surface area contributed by atoms with Crippen molar-refractivity contribution in [2.75, 3.05) is 33.8 Å². The third-order valence-corrected chi connectivity index (χ3v) is 5.75. The van der Waals surface area contributed by atoms with Gasteiger partial charge in [0, 0.05) is 35.5 Å². The minimum atomic E-state index is -1.40.